The number of likely N-dealkylation sites (tertiary alicyclic amines) is 1. The molecule has 1 aliphatic heterocycles. The molecule has 0 unspecified atom stereocenters. The minimum atomic E-state index is 0.165. The Bertz CT molecular complexity index is 1520. The van der Waals surface area contributed by atoms with Gasteiger partial charge >= 0.3 is 0 Å². The highest BCUT2D eigenvalue weighted by Crippen LogP contribution is 2.30. The summed E-state index contributed by atoms with van der Waals surface area (Å²) in [5.41, 5.74) is 1.99. The Morgan fingerprint density at radius 3 is 2.38 bits per heavy atom. The van der Waals surface area contributed by atoms with Crippen LogP contribution in [0.5, 0.6) is 0 Å². The second kappa shape index (κ2) is 10.1. The van der Waals surface area contributed by atoms with E-state index in [1.807, 2.05) is 41.3 Å². The average molecular weight is 512 g/mol. The Morgan fingerprint density at radius 1 is 0.892 bits per heavy atom. The number of fused-ring (bicyclic) bond motifs is 1. The average Bonchev–Trinajstić information content (AvgIpc) is 3.60. The van der Waals surface area contributed by atoms with Crippen LogP contribution in [0.4, 0.5) is 0 Å². The Morgan fingerprint density at radius 2 is 1.62 bits per heavy atom. The fourth-order valence-electron chi connectivity index (χ4n) is 5.04. The van der Waals surface area contributed by atoms with Crippen molar-refractivity contribution in [3.8, 4) is 5.69 Å². The number of carbonyl (C=O) groups excluding carboxylic acids is 1. The predicted octanol–water partition coefficient (Wildman–Crippen LogP) is 4.66. The monoisotopic (exact) mass is 511 g/mol. The van der Waals surface area contributed by atoms with Gasteiger partial charge in [0, 0.05) is 29.7 Å². The molecule has 5 aromatic rings. The number of carbonyl (C=O) groups is 1. The van der Waals surface area contributed by atoms with Crippen molar-refractivity contribution >= 4 is 28.3 Å². The summed E-state index contributed by atoms with van der Waals surface area (Å²) in [7, 11) is 0. The lowest BCUT2D eigenvalue weighted by Crippen LogP contribution is -2.39. The van der Waals surface area contributed by atoms with E-state index >= 15 is 0 Å². The summed E-state index contributed by atoms with van der Waals surface area (Å²) in [6.07, 6.45) is 5.37. The van der Waals surface area contributed by atoms with Crippen molar-refractivity contribution in [2.24, 2.45) is 0 Å². The Hall–Kier alpha value is -4.04. The van der Waals surface area contributed by atoms with Crippen LogP contribution in [-0.4, -0.2) is 53.7 Å². The summed E-state index contributed by atoms with van der Waals surface area (Å²) in [5.74, 6) is 2.00. The maximum absolute atomic E-state index is 13.1. The van der Waals surface area contributed by atoms with E-state index in [9.17, 15) is 4.79 Å². The van der Waals surface area contributed by atoms with E-state index in [4.69, 9.17) is 11.6 Å². The summed E-state index contributed by atoms with van der Waals surface area (Å²) in [4.78, 5) is 16.7. The van der Waals surface area contributed by atoms with Crippen molar-refractivity contribution in [2.75, 3.05) is 13.1 Å². The summed E-state index contributed by atoms with van der Waals surface area (Å²) in [6, 6.07) is 22.2. The van der Waals surface area contributed by atoms with Crippen molar-refractivity contribution in [1.82, 2.24) is 34.7 Å². The van der Waals surface area contributed by atoms with E-state index in [1.165, 1.54) is 5.39 Å². The van der Waals surface area contributed by atoms with Crippen molar-refractivity contribution in [1.29, 1.82) is 0 Å². The number of amides is 1. The van der Waals surface area contributed by atoms with E-state index in [1.54, 1.807) is 17.2 Å². The van der Waals surface area contributed by atoms with Crippen LogP contribution in [0.25, 0.3) is 16.5 Å². The van der Waals surface area contributed by atoms with Crippen LogP contribution in [0.1, 0.15) is 36.0 Å². The molecule has 2 aromatic heterocycles. The number of halogens is 1. The van der Waals surface area contributed by atoms with E-state index in [0.717, 1.165) is 41.1 Å². The molecule has 0 radical (unpaired) electrons. The van der Waals surface area contributed by atoms with E-state index < -0.39 is 0 Å². The first-order chi connectivity index (χ1) is 18.1. The quantitative estimate of drug-likeness (QED) is 0.331. The van der Waals surface area contributed by atoms with Crippen LogP contribution < -0.4 is 0 Å². The molecule has 9 heteroatoms. The minimum absolute atomic E-state index is 0.165. The molecular weight excluding hydrogens is 486 g/mol. The van der Waals surface area contributed by atoms with E-state index in [0.29, 0.717) is 31.1 Å². The molecule has 3 heterocycles. The zero-order chi connectivity index (χ0) is 25.2. The molecule has 6 rings (SSSR count). The molecule has 0 saturated carbocycles. The Balaban J connectivity index is 1.18. The molecule has 1 amide bonds. The SMILES string of the molecule is O=C(Cc1ccc2ccccc2c1)N1CCC(c2nnc(Cn3nccn3)n2-c2ccc(Cl)cc2)CC1. The smallest absolute Gasteiger partial charge is 0.226 e. The molecule has 1 aliphatic rings. The van der Waals surface area contributed by atoms with Gasteiger partial charge in [0.2, 0.25) is 5.91 Å². The van der Waals surface area contributed by atoms with Gasteiger partial charge in [0.1, 0.15) is 12.4 Å². The third kappa shape index (κ3) is 4.97. The number of benzene rings is 3. The first kappa shape index (κ1) is 23.4. The second-order valence-electron chi connectivity index (χ2n) is 9.36. The van der Waals surface area contributed by atoms with Gasteiger partial charge in [0.15, 0.2) is 5.82 Å². The molecule has 0 spiro atoms. The lowest BCUT2D eigenvalue weighted by atomic mass is 9.95. The van der Waals surface area contributed by atoms with Gasteiger partial charge < -0.3 is 4.90 Å². The molecule has 37 heavy (non-hydrogen) atoms. The van der Waals surface area contributed by atoms with Crippen molar-refractivity contribution in [3.63, 3.8) is 0 Å². The van der Waals surface area contributed by atoms with Crippen LogP contribution in [0.3, 0.4) is 0 Å². The number of rotatable bonds is 6. The molecule has 186 valence electrons. The van der Waals surface area contributed by atoms with Crippen molar-refractivity contribution < 1.29 is 4.79 Å². The highest BCUT2D eigenvalue weighted by molar-refractivity contribution is 6.30. The van der Waals surface area contributed by atoms with Gasteiger partial charge in [-0.2, -0.15) is 15.0 Å². The Kier molecular flexibility index (Phi) is 6.40. The van der Waals surface area contributed by atoms with Gasteiger partial charge in [0.25, 0.3) is 0 Å². The molecule has 8 nitrogen and oxygen atoms in total. The third-order valence-corrected chi connectivity index (χ3v) is 7.22. The topological polar surface area (TPSA) is 81.7 Å². The number of nitrogens with zero attached hydrogens (tertiary/aromatic N) is 7. The number of piperidine rings is 1. The zero-order valence-corrected chi connectivity index (χ0v) is 21.0. The maximum atomic E-state index is 13.1. The zero-order valence-electron chi connectivity index (χ0n) is 20.2. The largest absolute Gasteiger partial charge is 0.342 e. The number of hydrogen-bond acceptors (Lipinski definition) is 5. The molecular formula is C28H26ClN7O. The third-order valence-electron chi connectivity index (χ3n) is 6.97. The lowest BCUT2D eigenvalue weighted by Gasteiger charge is -2.32. The van der Waals surface area contributed by atoms with Crippen LogP contribution in [0.2, 0.25) is 5.02 Å². The van der Waals surface area contributed by atoms with Gasteiger partial charge in [-0.15, -0.1) is 10.2 Å². The summed E-state index contributed by atoms with van der Waals surface area (Å²) >= 11 is 6.15. The Labute approximate surface area is 219 Å². The van der Waals surface area contributed by atoms with Crippen LogP contribution in [0, 0.1) is 0 Å². The van der Waals surface area contributed by atoms with Gasteiger partial charge in [-0.1, -0.05) is 54.1 Å². The molecule has 3 aromatic carbocycles. The molecule has 0 N–H and O–H groups in total. The lowest BCUT2D eigenvalue weighted by molar-refractivity contribution is -0.131. The highest BCUT2D eigenvalue weighted by Gasteiger charge is 2.29. The van der Waals surface area contributed by atoms with E-state index in [2.05, 4.69) is 55.3 Å². The first-order valence-electron chi connectivity index (χ1n) is 12.4. The fourth-order valence-corrected chi connectivity index (χ4v) is 5.17. The van der Waals surface area contributed by atoms with Gasteiger partial charge in [-0.05, 0) is 53.4 Å². The molecule has 1 fully saturated rings. The summed E-state index contributed by atoms with van der Waals surface area (Å²) in [6.45, 7) is 1.80. The number of aromatic nitrogens is 6. The van der Waals surface area contributed by atoms with Gasteiger partial charge in [-0.25, -0.2) is 0 Å². The standard InChI is InChI=1S/C28H26ClN7O/c29-24-7-9-25(10-8-24)36-26(19-35-30-13-14-31-35)32-33-28(36)22-11-15-34(16-12-22)27(37)18-20-5-6-21-3-1-2-4-23(21)17-20/h1-10,13-14,17,22H,11-12,15-16,18-19H2. The van der Waals surface area contributed by atoms with Crippen LogP contribution >= 0.6 is 11.6 Å². The summed E-state index contributed by atoms with van der Waals surface area (Å²) in [5, 5.41) is 20.6. The molecule has 0 atom stereocenters. The molecule has 0 aliphatic carbocycles. The predicted molar refractivity (Wildman–Crippen MR) is 142 cm³/mol. The minimum Gasteiger partial charge on any atom is -0.342 e. The van der Waals surface area contributed by atoms with Crippen molar-refractivity contribution in [3.05, 3.63) is 101 Å². The maximum Gasteiger partial charge on any atom is 0.226 e. The first-order valence-corrected chi connectivity index (χ1v) is 12.8. The van der Waals surface area contributed by atoms with Gasteiger partial charge in [0.05, 0.1) is 18.8 Å². The highest BCUT2D eigenvalue weighted by atomic mass is 35.5. The number of hydrogen-bond donors (Lipinski definition) is 0. The van der Waals surface area contributed by atoms with Crippen LogP contribution in [0.15, 0.2) is 79.1 Å². The summed E-state index contributed by atoms with van der Waals surface area (Å²) < 4.78 is 2.08. The normalized spacial score (nSPS) is 14.4. The molecule has 1 saturated heterocycles. The molecule has 0 bridgehead atoms. The van der Waals surface area contributed by atoms with Crippen LogP contribution in [-0.2, 0) is 17.8 Å². The van der Waals surface area contributed by atoms with Gasteiger partial charge in [-0.3, -0.25) is 9.36 Å². The van der Waals surface area contributed by atoms with E-state index in [-0.39, 0.29) is 11.8 Å². The second-order valence-corrected chi connectivity index (χ2v) is 9.80. The van der Waals surface area contributed by atoms with Crippen molar-refractivity contribution in [2.45, 2.75) is 31.7 Å². The fraction of sp³-hybridized carbons (Fsp3) is 0.250.